The van der Waals surface area contributed by atoms with Crippen molar-refractivity contribution in [3.63, 3.8) is 0 Å². The van der Waals surface area contributed by atoms with Gasteiger partial charge in [-0.05, 0) is 29.8 Å². The van der Waals surface area contributed by atoms with Crippen LogP contribution in [0.1, 0.15) is 11.3 Å². The largest absolute Gasteiger partial charge is 0.490 e. The van der Waals surface area contributed by atoms with Crippen LogP contribution in [0.25, 0.3) is 11.0 Å². The molecule has 0 saturated carbocycles. The Balaban J connectivity index is 1.61. The number of fused-ring (bicyclic) bond motifs is 1. The van der Waals surface area contributed by atoms with E-state index < -0.39 is 0 Å². The Labute approximate surface area is 146 Å². The van der Waals surface area contributed by atoms with Crippen LogP contribution < -0.4 is 4.74 Å². The Morgan fingerprint density at radius 2 is 2.00 bits per heavy atom. The molecule has 0 spiro atoms. The number of amides is 1. The predicted octanol–water partition coefficient (Wildman–Crippen LogP) is 3.59. The quantitative estimate of drug-likeness (QED) is 0.619. The molecular weight excluding hydrogens is 316 g/mol. The first-order valence-corrected chi connectivity index (χ1v) is 8.07. The van der Waals surface area contributed by atoms with Gasteiger partial charge in [0.1, 0.15) is 18.1 Å². The van der Waals surface area contributed by atoms with Crippen LogP contribution in [0.15, 0.2) is 65.7 Å². The Morgan fingerprint density at radius 1 is 1.24 bits per heavy atom. The van der Waals surface area contributed by atoms with Gasteiger partial charge in [-0.25, -0.2) is 0 Å². The lowest BCUT2D eigenvalue weighted by molar-refractivity contribution is -0.129. The van der Waals surface area contributed by atoms with Gasteiger partial charge < -0.3 is 14.2 Å². The molecule has 0 atom stereocenters. The zero-order valence-electron chi connectivity index (χ0n) is 14.1. The van der Waals surface area contributed by atoms with Crippen molar-refractivity contribution in [1.82, 2.24) is 10.1 Å². The zero-order valence-corrected chi connectivity index (χ0v) is 14.1. The Hall–Kier alpha value is -3.08. The second-order valence-corrected chi connectivity index (χ2v) is 5.80. The molecule has 0 aliphatic carbocycles. The van der Waals surface area contributed by atoms with Crippen molar-refractivity contribution in [2.24, 2.45) is 0 Å². The molecule has 1 heterocycles. The highest BCUT2D eigenvalue weighted by Gasteiger charge is 2.15. The van der Waals surface area contributed by atoms with Gasteiger partial charge in [0.2, 0.25) is 5.91 Å². The van der Waals surface area contributed by atoms with E-state index in [0.717, 1.165) is 16.7 Å². The van der Waals surface area contributed by atoms with Crippen molar-refractivity contribution in [1.29, 1.82) is 0 Å². The molecule has 128 valence electrons. The molecule has 3 aromatic rings. The summed E-state index contributed by atoms with van der Waals surface area (Å²) >= 11 is 0. The first-order chi connectivity index (χ1) is 12.2. The molecule has 25 heavy (non-hydrogen) atoms. The molecule has 0 aliphatic heterocycles. The second kappa shape index (κ2) is 7.66. The topological polar surface area (TPSA) is 55.6 Å². The van der Waals surface area contributed by atoms with E-state index in [1.165, 1.54) is 0 Å². The van der Waals surface area contributed by atoms with Crippen LogP contribution >= 0.6 is 0 Å². The molecule has 0 aliphatic rings. The third-order valence-corrected chi connectivity index (χ3v) is 3.91. The van der Waals surface area contributed by atoms with Crippen molar-refractivity contribution in [2.75, 3.05) is 13.7 Å². The molecule has 0 N–H and O–H groups in total. The maximum absolute atomic E-state index is 12.5. The fourth-order valence-electron chi connectivity index (χ4n) is 2.55. The number of para-hydroxylation sites is 1. The third kappa shape index (κ3) is 4.07. The van der Waals surface area contributed by atoms with E-state index >= 15 is 0 Å². The smallest absolute Gasteiger partial charge is 0.228 e. The minimum atomic E-state index is -0.00830. The molecule has 3 rings (SSSR count). The summed E-state index contributed by atoms with van der Waals surface area (Å²) in [6.07, 6.45) is 1.92. The number of rotatable bonds is 7. The number of likely N-dealkylation sites (N-methyl/N-ethyl adjacent to an activating group) is 1. The van der Waals surface area contributed by atoms with Crippen LogP contribution in [-0.4, -0.2) is 29.6 Å². The molecule has 5 heteroatoms. The van der Waals surface area contributed by atoms with Crippen molar-refractivity contribution in [3.8, 4) is 5.75 Å². The summed E-state index contributed by atoms with van der Waals surface area (Å²) in [5, 5.41) is 4.90. The lowest BCUT2D eigenvalue weighted by Crippen LogP contribution is -2.27. The van der Waals surface area contributed by atoms with E-state index in [1.807, 2.05) is 48.5 Å². The fraction of sp³-hybridized carbons (Fsp3) is 0.200. The van der Waals surface area contributed by atoms with Crippen LogP contribution in [0.3, 0.4) is 0 Å². The Morgan fingerprint density at radius 3 is 2.76 bits per heavy atom. The summed E-state index contributed by atoms with van der Waals surface area (Å²) in [5.41, 5.74) is 2.40. The van der Waals surface area contributed by atoms with Gasteiger partial charge in [0, 0.05) is 19.0 Å². The maximum atomic E-state index is 12.5. The number of carbonyl (C=O) groups excluding carboxylic acids is 1. The van der Waals surface area contributed by atoms with Gasteiger partial charge >= 0.3 is 0 Å². The van der Waals surface area contributed by atoms with E-state index in [-0.39, 0.29) is 12.3 Å². The van der Waals surface area contributed by atoms with E-state index in [9.17, 15) is 4.79 Å². The minimum absolute atomic E-state index is 0.00830. The first-order valence-electron chi connectivity index (χ1n) is 8.07. The molecule has 0 unspecified atom stereocenters. The van der Waals surface area contributed by atoms with E-state index in [0.29, 0.717) is 24.4 Å². The van der Waals surface area contributed by atoms with E-state index in [1.54, 1.807) is 18.0 Å². The average Bonchev–Trinajstić information content (AvgIpc) is 3.04. The number of aromatic nitrogens is 1. The number of hydrogen-bond donors (Lipinski definition) is 0. The van der Waals surface area contributed by atoms with Crippen molar-refractivity contribution >= 4 is 16.9 Å². The van der Waals surface area contributed by atoms with E-state index in [2.05, 4.69) is 11.7 Å². The van der Waals surface area contributed by atoms with Crippen LogP contribution in [0.2, 0.25) is 0 Å². The predicted molar refractivity (Wildman–Crippen MR) is 96.3 cm³/mol. The minimum Gasteiger partial charge on any atom is -0.490 e. The number of ether oxygens (including phenoxy) is 1. The molecule has 0 radical (unpaired) electrons. The number of nitrogens with zero attached hydrogens (tertiary/aromatic N) is 2. The third-order valence-electron chi connectivity index (χ3n) is 3.91. The van der Waals surface area contributed by atoms with Crippen LogP contribution in [0, 0.1) is 0 Å². The van der Waals surface area contributed by atoms with Gasteiger partial charge in [-0.3, -0.25) is 4.79 Å². The van der Waals surface area contributed by atoms with Crippen molar-refractivity contribution in [3.05, 3.63) is 72.4 Å². The lowest BCUT2D eigenvalue weighted by Gasteiger charge is -2.17. The highest BCUT2D eigenvalue weighted by molar-refractivity contribution is 5.86. The molecule has 1 amide bonds. The highest BCUT2D eigenvalue weighted by atomic mass is 16.5. The summed E-state index contributed by atoms with van der Waals surface area (Å²) in [4.78, 5) is 14.2. The van der Waals surface area contributed by atoms with Gasteiger partial charge in [-0.1, -0.05) is 42.1 Å². The maximum Gasteiger partial charge on any atom is 0.228 e. The van der Waals surface area contributed by atoms with E-state index in [4.69, 9.17) is 9.26 Å². The standard InChI is InChI=1S/C20H20N2O3/c1-3-12-24-16-10-8-15(9-11-16)14-22(2)20(23)13-18-17-6-4-5-7-19(17)25-21-18/h3-11H,1,12-14H2,2H3. The number of benzene rings is 2. The first kappa shape index (κ1) is 16.8. The monoisotopic (exact) mass is 336 g/mol. The zero-order chi connectivity index (χ0) is 17.6. The number of hydrogen-bond acceptors (Lipinski definition) is 4. The Bertz CT molecular complexity index is 868. The molecule has 2 aromatic carbocycles. The second-order valence-electron chi connectivity index (χ2n) is 5.80. The summed E-state index contributed by atoms with van der Waals surface area (Å²) in [6, 6.07) is 15.2. The fourth-order valence-corrected chi connectivity index (χ4v) is 2.55. The summed E-state index contributed by atoms with van der Waals surface area (Å²) < 4.78 is 10.7. The molecule has 0 fully saturated rings. The van der Waals surface area contributed by atoms with Crippen LogP contribution in [0.5, 0.6) is 5.75 Å². The van der Waals surface area contributed by atoms with Gasteiger partial charge in [0.25, 0.3) is 0 Å². The van der Waals surface area contributed by atoms with Gasteiger partial charge in [-0.15, -0.1) is 0 Å². The normalized spacial score (nSPS) is 10.6. The molecule has 1 aromatic heterocycles. The SMILES string of the molecule is C=CCOc1ccc(CN(C)C(=O)Cc2noc3ccccc23)cc1. The van der Waals surface area contributed by atoms with Crippen LogP contribution in [0.4, 0.5) is 0 Å². The lowest BCUT2D eigenvalue weighted by atomic mass is 10.1. The van der Waals surface area contributed by atoms with Crippen molar-refractivity contribution in [2.45, 2.75) is 13.0 Å². The summed E-state index contributed by atoms with van der Waals surface area (Å²) in [6.45, 7) is 4.62. The molecule has 5 nitrogen and oxygen atoms in total. The molecule has 0 bridgehead atoms. The summed E-state index contributed by atoms with van der Waals surface area (Å²) in [7, 11) is 1.78. The van der Waals surface area contributed by atoms with Gasteiger partial charge in [0.15, 0.2) is 5.58 Å². The Kier molecular flexibility index (Phi) is 5.14. The van der Waals surface area contributed by atoms with Gasteiger partial charge in [0.05, 0.1) is 6.42 Å². The molecule has 0 saturated heterocycles. The number of carbonyl (C=O) groups is 1. The van der Waals surface area contributed by atoms with Crippen LogP contribution in [-0.2, 0) is 17.8 Å². The van der Waals surface area contributed by atoms with Gasteiger partial charge in [-0.2, -0.15) is 0 Å². The highest BCUT2D eigenvalue weighted by Crippen LogP contribution is 2.19. The molecular formula is C20H20N2O3. The van der Waals surface area contributed by atoms with Crippen molar-refractivity contribution < 1.29 is 14.1 Å². The average molecular weight is 336 g/mol. The summed E-state index contributed by atoms with van der Waals surface area (Å²) in [5.74, 6) is 0.776.